The van der Waals surface area contributed by atoms with Gasteiger partial charge in [0.15, 0.2) is 0 Å². The molecule has 0 heterocycles. The van der Waals surface area contributed by atoms with E-state index >= 15 is 0 Å². The fraction of sp³-hybridized carbons (Fsp3) is 0.222. The van der Waals surface area contributed by atoms with Gasteiger partial charge in [0.25, 0.3) is 5.69 Å². The van der Waals surface area contributed by atoms with E-state index in [0.29, 0.717) is 0 Å². The maximum Gasteiger partial charge on any atom is 0.342 e. The smallest absolute Gasteiger partial charge is 0.342 e. The molecule has 1 aromatic carbocycles. The number of alkyl halides is 1. The number of rotatable bonds is 3. The van der Waals surface area contributed by atoms with Crippen molar-refractivity contribution in [2.75, 3.05) is 0 Å². The van der Waals surface area contributed by atoms with Gasteiger partial charge in [-0.3, -0.25) is 10.1 Å². The highest BCUT2D eigenvalue weighted by Gasteiger charge is 2.21. The van der Waals surface area contributed by atoms with Gasteiger partial charge in [-0.15, -0.1) is 0 Å². The van der Waals surface area contributed by atoms with E-state index in [4.69, 9.17) is 5.11 Å². The first-order chi connectivity index (χ1) is 6.93. The van der Waals surface area contributed by atoms with Gasteiger partial charge in [-0.05, 0) is 18.6 Å². The summed E-state index contributed by atoms with van der Waals surface area (Å²) in [6.45, 7) is 1.22. The normalized spacial score (nSPS) is 12.1. The van der Waals surface area contributed by atoms with Crippen LogP contribution in [0.25, 0.3) is 0 Å². The van der Waals surface area contributed by atoms with Crippen molar-refractivity contribution in [3.8, 4) is 0 Å². The molecular formula is C9H8FNO4. The summed E-state index contributed by atoms with van der Waals surface area (Å²) in [7, 11) is 0. The molecule has 0 saturated carbocycles. The van der Waals surface area contributed by atoms with Gasteiger partial charge in [-0.1, -0.05) is 6.07 Å². The highest BCUT2D eigenvalue weighted by Crippen LogP contribution is 2.25. The molecule has 0 aliphatic rings. The fourth-order valence-electron chi connectivity index (χ4n) is 1.13. The number of carbonyl (C=O) groups is 1. The molecular weight excluding hydrogens is 205 g/mol. The summed E-state index contributed by atoms with van der Waals surface area (Å²) < 4.78 is 12.8. The minimum absolute atomic E-state index is 0.0895. The molecule has 1 N–H and O–H groups in total. The summed E-state index contributed by atoms with van der Waals surface area (Å²) in [6, 6.07) is 3.20. The highest BCUT2D eigenvalue weighted by atomic mass is 19.1. The number of hydrogen-bond acceptors (Lipinski definition) is 3. The minimum atomic E-state index is -1.40. The van der Waals surface area contributed by atoms with Crippen LogP contribution < -0.4 is 0 Å². The standard InChI is InChI=1S/C9H8FNO4/c1-5(10)6-2-3-7(9(12)13)8(4-6)11(14)15/h2-5H,1H3,(H,12,13). The van der Waals surface area contributed by atoms with Gasteiger partial charge in [-0.25, -0.2) is 9.18 Å². The molecule has 0 spiro atoms. The van der Waals surface area contributed by atoms with Crippen molar-refractivity contribution < 1.29 is 19.2 Å². The lowest BCUT2D eigenvalue weighted by atomic mass is 10.1. The fourth-order valence-corrected chi connectivity index (χ4v) is 1.13. The summed E-state index contributed by atoms with van der Waals surface area (Å²) in [5.41, 5.74) is -0.944. The SMILES string of the molecule is CC(F)c1ccc(C(=O)O)c([N+](=O)[O-])c1. The third-order valence-corrected chi connectivity index (χ3v) is 1.91. The lowest BCUT2D eigenvalue weighted by molar-refractivity contribution is -0.385. The Kier molecular flexibility index (Phi) is 2.99. The number of aromatic carboxylic acids is 1. The van der Waals surface area contributed by atoms with E-state index in [0.717, 1.165) is 12.1 Å². The minimum Gasteiger partial charge on any atom is -0.477 e. The second kappa shape index (κ2) is 4.04. The van der Waals surface area contributed by atoms with Crippen LogP contribution in [0.3, 0.4) is 0 Å². The number of nitro groups is 1. The van der Waals surface area contributed by atoms with Crippen LogP contribution in [0.4, 0.5) is 10.1 Å². The summed E-state index contributed by atoms with van der Waals surface area (Å²) in [5.74, 6) is -1.40. The Morgan fingerprint density at radius 3 is 2.60 bits per heavy atom. The summed E-state index contributed by atoms with van der Waals surface area (Å²) >= 11 is 0. The number of carboxylic acid groups (broad SMARTS) is 1. The predicted octanol–water partition coefficient (Wildman–Crippen LogP) is 2.32. The van der Waals surface area contributed by atoms with Gasteiger partial charge in [0.1, 0.15) is 11.7 Å². The maximum atomic E-state index is 12.8. The summed E-state index contributed by atoms with van der Waals surface area (Å²) in [4.78, 5) is 20.3. The first kappa shape index (κ1) is 11.1. The average molecular weight is 213 g/mol. The highest BCUT2D eigenvalue weighted by molar-refractivity contribution is 5.92. The van der Waals surface area contributed by atoms with Gasteiger partial charge < -0.3 is 5.11 Å². The molecule has 6 heteroatoms. The number of carboxylic acids is 1. The van der Waals surface area contributed by atoms with Crippen LogP contribution >= 0.6 is 0 Å². The second-order valence-corrected chi connectivity index (χ2v) is 2.95. The van der Waals surface area contributed by atoms with Crippen molar-refractivity contribution in [3.05, 3.63) is 39.4 Å². The Morgan fingerprint density at radius 1 is 1.60 bits per heavy atom. The quantitative estimate of drug-likeness (QED) is 0.617. The molecule has 0 radical (unpaired) electrons. The van der Waals surface area contributed by atoms with Crippen LogP contribution in [0.1, 0.15) is 29.0 Å². The molecule has 0 fully saturated rings. The number of nitro benzene ring substituents is 1. The molecule has 0 bridgehead atoms. The van der Waals surface area contributed by atoms with Gasteiger partial charge in [-0.2, -0.15) is 0 Å². The van der Waals surface area contributed by atoms with Crippen molar-refractivity contribution in [2.24, 2.45) is 0 Å². The van der Waals surface area contributed by atoms with E-state index < -0.39 is 28.3 Å². The molecule has 1 aromatic rings. The number of nitrogens with zero attached hydrogens (tertiary/aromatic N) is 1. The maximum absolute atomic E-state index is 12.8. The molecule has 1 unspecified atom stereocenters. The van der Waals surface area contributed by atoms with E-state index in [1.165, 1.54) is 13.0 Å². The zero-order chi connectivity index (χ0) is 11.6. The van der Waals surface area contributed by atoms with Gasteiger partial charge in [0, 0.05) is 6.07 Å². The Morgan fingerprint density at radius 2 is 2.20 bits per heavy atom. The van der Waals surface area contributed by atoms with E-state index in [9.17, 15) is 19.3 Å². The third kappa shape index (κ3) is 2.28. The molecule has 0 aliphatic heterocycles. The first-order valence-electron chi connectivity index (χ1n) is 4.09. The van der Waals surface area contributed by atoms with Crippen molar-refractivity contribution in [1.29, 1.82) is 0 Å². The summed E-state index contributed by atoms with van der Waals surface area (Å²) in [6.07, 6.45) is -1.37. The third-order valence-electron chi connectivity index (χ3n) is 1.91. The molecule has 0 aromatic heterocycles. The molecule has 1 rings (SSSR count). The van der Waals surface area contributed by atoms with Crippen LogP contribution in [-0.2, 0) is 0 Å². The Bertz CT molecular complexity index is 417. The van der Waals surface area contributed by atoms with Gasteiger partial charge >= 0.3 is 5.97 Å². The number of halogens is 1. The van der Waals surface area contributed by atoms with Gasteiger partial charge in [0.05, 0.1) is 4.92 Å². The van der Waals surface area contributed by atoms with Crippen LogP contribution in [0, 0.1) is 10.1 Å². The lowest BCUT2D eigenvalue weighted by Crippen LogP contribution is -2.03. The molecule has 0 saturated heterocycles. The van der Waals surface area contributed by atoms with Crippen molar-refractivity contribution in [2.45, 2.75) is 13.1 Å². The largest absolute Gasteiger partial charge is 0.477 e. The molecule has 80 valence electrons. The Hall–Kier alpha value is -1.98. The molecule has 15 heavy (non-hydrogen) atoms. The van der Waals surface area contributed by atoms with Crippen molar-refractivity contribution in [3.63, 3.8) is 0 Å². The topological polar surface area (TPSA) is 80.4 Å². The van der Waals surface area contributed by atoms with E-state index in [1.807, 2.05) is 0 Å². The van der Waals surface area contributed by atoms with E-state index in [1.54, 1.807) is 0 Å². The van der Waals surface area contributed by atoms with Crippen molar-refractivity contribution in [1.82, 2.24) is 0 Å². The monoisotopic (exact) mass is 213 g/mol. The van der Waals surface area contributed by atoms with Crippen LogP contribution in [0.5, 0.6) is 0 Å². The number of hydrogen-bond donors (Lipinski definition) is 1. The number of benzene rings is 1. The van der Waals surface area contributed by atoms with Crippen LogP contribution in [0.2, 0.25) is 0 Å². The van der Waals surface area contributed by atoms with Gasteiger partial charge in [0.2, 0.25) is 0 Å². The molecule has 0 amide bonds. The van der Waals surface area contributed by atoms with Crippen LogP contribution in [-0.4, -0.2) is 16.0 Å². The molecule has 0 aliphatic carbocycles. The molecule has 5 nitrogen and oxygen atoms in total. The zero-order valence-corrected chi connectivity index (χ0v) is 7.81. The Balaban J connectivity index is 3.33. The van der Waals surface area contributed by atoms with E-state index in [-0.39, 0.29) is 5.56 Å². The first-order valence-corrected chi connectivity index (χ1v) is 4.09. The average Bonchev–Trinajstić information content (AvgIpc) is 2.16. The second-order valence-electron chi connectivity index (χ2n) is 2.95. The summed E-state index contributed by atoms with van der Waals surface area (Å²) in [5, 5.41) is 19.2. The predicted molar refractivity (Wildman–Crippen MR) is 49.6 cm³/mol. The Labute approximate surface area is 84.3 Å². The lowest BCUT2D eigenvalue weighted by Gasteiger charge is -2.03. The molecule has 1 atom stereocenters. The van der Waals surface area contributed by atoms with E-state index in [2.05, 4.69) is 0 Å². The van der Waals surface area contributed by atoms with Crippen LogP contribution in [0.15, 0.2) is 18.2 Å². The van der Waals surface area contributed by atoms with Crippen molar-refractivity contribution >= 4 is 11.7 Å². The zero-order valence-electron chi connectivity index (χ0n) is 7.81.